The second-order valence-electron chi connectivity index (χ2n) is 4.86. The number of benzene rings is 1. The van der Waals surface area contributed by atoms with Crippen molar-refractivity contribution >= 4 is 22.2 Å². The van der Waals surface area contributed by atoms with E-state index in [1.165, 1.54) is 23.5 Å². The Balaban J connectivity index is 1.85. The molecule has 2 aromatic heterocycles. The Hall–Kier alpha value is -2.41. The zero-order chi connectivity index (χ0) is 16.4. The Morgan fingerprint density at radius 3 is 2.43 bits per heavy atom. The van der Waals surface area contributed by atoms with Crippen LogP contribution in [0.4, 0.5) is 24.0 Å². The maximum atomic E-state index is 12.6. The first-order valence-electron chi connectivity index (χ1n) is 6.72. The minimum atomic E-state index is -4.33. The van der Waals surface area contributed by atoms with Crippen molar-refractivity contribution in [3.05, 3.63) is 59.7 Å². The molecule has 0 atom stereocenters. The van der Waals surface area contributed by atoms with Gasteiger partial charge in [0.15, 0.2) is 5.13 Å². The van der Waals surface area contributed by atoms with Crippen LogP contribution in [0.2, 0.25) is 0 Å². The summed E-state index contributed by atoms with van der Waals surface area (Å²) in [6.45, 7) is 0. The first kappa shape index (κ1) is 15.5. The standard InChI is InChI=1S/C16H12F3N3S/c1-22(13-3-2-8-20-9-13)15-21-14(10-23-15)11-4-6-12(7-5-11)16(17,18)19/h2-10H,1H3. The Labute approximate surface area is 135 Å². The van der Waals surface area contributed by atoms with E-state index in [1.807, 2.05) is 29.5 Å². The van der Waals surface area contributed by atoms with E-state index >= 15 is 0 Å². The van der Waals surface area contributed by atoms with Gasteiger partial charge in [-0.25, -0.2) is 4.98 Å². The first-order chi connectivity index (χ1) is 10.9. The molecule has 23 heavy (non-hydrogen) atoms. The highest BCUT2D eigenvalue weighted by Crippen LogP contribution is 2.33. The third kappa shape index (κ3) is 3.34. The van der Waals surface area contributed by atoms with Gasteiger partial charge in [-0.2, -0.15) is 13.2 Å². The molecule has 0 aliphatic rings. The molecule has 0 aliphatic heterocycles. The minimum absolute atomic E-state index is 0.648. The van der Waals surface area contributed by atoms with Gasteiger partial charge in [-0.1, -0.05) is 12.1 Å². The number of hydrogen-bond acceptors (Lipinski definition) is 4. The molecule has 0 aliphatic carbocycles. The summed E-state index contributed by atoms with van der Waals surface area (Å²) < 4.78 is 37.8. The monoisotopic (exact) mass is 335 g/mol. The van der Waals surface area contributed by atoms with Gasteiger partial charge in [0.1, 0.15) is 0 Å². The van der Waals surface area contributed by atoms with Crippen molar-refractivity contribution in [2.75, 3.05) is 11.9 Å². The molecule has 0 fully saturated rings. The lowest BCUT2D eigenvalue weighted by Gasteiger charge is -2.14. The van der Waals surface area contributed by atoms with Crippen molar-refractivity contribution in [3.8, 4) is 11.3 Å². The molecule has 0 saturated heterocycles. The summed E-state index contributed by atoms with van der Waals surface area (Å²) in [4.78, 5) is 10.4. The molecule has 0 unspecified atom stereocenters. The number of hydrogen-bond donors (Lipinski definition) is 0. The fraction of sp³-hybridized carbons (Fsp3) is 0.125. The van der Waals surface area contributed by atoms with Crippen molar-refractivity contribution in [2.24, 2.45) is 0 Å². The molecule has 7 heteroatoms. The zero-order valence-corrected chi connectivity index (χ0v) is 12.9. The molecule has 0 amide bonds. The summed E-state index contributed by atoms with van der Waals surface area (Å²) in [7, 11) is 1.87. The van der Waals surface area contributed by atoms with Crippen LogP contribution < -0.4 is 4.90 Å². The molecular weight excluding hydrogens is 323 g/mol. The predicted octanol–water partition coefficient (Wildman–Crippen LogP) is 4.99. The number of pyridine rings is 1. The van der Waals surface area contributed by atoms with Crippen molar-refractivity contribution in [2.45, 2.75) is 6.18 Å². The van der Waals surface area contributed by atoms with E-state index in [4.69, 9.17) is 0 Å². The quantitative estimate of drug-likeness (QED) is 0.675. The largest absolute Gasteiger partial charge is 0.416 e. The van der Waals surface area contributed by atoms with Crippen LogP contribution in [0.5, 0.6) is 0 Å². The van der Waals surface area contributed by atoms with Gasteiger partial charge in [-0.15, -0.1) is 11.3 Å². The summed E-state index contributed by atoms with van der Waals surface area (Å²) in [5, 5.41) is 2.57. The Morgan fingerprint density at radius 2 is 1.83 bits per heavy atom. The van der Waals surface area contributed by atoms with Crippen LogP contribution in [-0.4, -0.2) is 17.0 Å². The molecule has 3 rings (SSSR count). The van der Waals surface area contributed by atoms with Gasteiger partial charge in [-0.05, 0) is 24.3 Å². The first-order valence-corrected chi connectivity index (χ1v) is 7.60. The molecule has 3 aromatic rings. The van der Waals surface area contributed by atoms with Gasteiger partial charge in [-0.3, -0.25) is 4.98 Å². The number of nitrogens with zero attached hydrogens (tertiary/aromatic N) is 3. The Bertz CT molecular complexity index is 782. The van der Waals surface area contributed by atoms with Crippen molar-refractivity contribution < 1.29 is 13.2 Å². The van der Waals surface area contributed by atoms with E-state index in [0.29, 0.717) is 11.3 Å². The van der Waals surface area contributed by atoms with E-state index in [-0.39, 0.29) is 0 Å². The van der Waals surface area contributed by atoms with Crippen LogP contribution in [0.15, 0.2) is 54.2 Å². The summed E-state index contributed by atoms with van der Waals surface area (Å²) >= 11 is 1.42. The maximum absolute atomic E-state index is 12.6. The molecule has 0 spiro atoms. The summed E-state index contributed by atoms with van der Waals surface area (Å²) in [5.41, 5.74) is 1.53. The molecular formula is C16H12F3N3S. The molecule has 0 saturated carbocycles. The fourth-order valence-corrected chi connectivity index (χ4v) is 2.86. The van der Waals surface area contributed by atoms with Gasteiger partial charge in [0.2, 0.25) is 0 Å². The van der Waals surface area contributed by atoms with E-state index in [1.54, 1.807) is 12.4 Å². The summed E-state index contributed by atoms with van der Waals surface area (Å²) in [6, 6.07) is 8.75. The van der Waals surface area contributed by atoms with Crippen LogP contribution in [0.3, 0.4) is 0 Å². The second-order valence-corrected chi connectivity index (χ2v) is 5.70. The fourth-order valence-electron chi connectivity index (χ4n) is 2.04. The average Bonchev–Trinajstić information content (AvgIpc) is 3.04. The molecule has 2 heterocycles. The van der Waals surface area contributed by atoms with E-state index in [9.17, 15) is 13.2 Å². The lowest BCUT2D eigenvalue weighted by molar-refractivity contribution is -0.137. The van der Waals surface area contributed by atoms with Crippen molar-refractivity contribution in [1.82, 2.24) is 9.97 Å². The number of rotatable bonds is 3. The van der Waals surface area contributed by atoms with Crippen LogP contribution in [0.25, 0.3) is 11.3 Å². The van der Waals surface area contributed by atoms with Gasteiger partial charge in [0.05, 0.1) is 23.1 Å². The Morgan fingerprint density at radius 1 is 1.09 bits per heavy atom. The summed E-state index contributed by atoms with van der Waals surface area (Å²) in [6.07, 6.45) is -0.918. The van der Waals surface area contributed by atoms with Gasteiger partial charge in [0, 0.05) is 24.2 Å². The highest BCUT2D eigenvalue weighted by Gasteiger charge is 2.30. The SMILES string of the molecule is CN(c1cccnc1)c1nc(-c2ccc(C(F)(F)F)cc2)cs1. The third-order valence-corrected chi connectivity index (χ3v) is 4.24. The number of anilines is 2. The molecule has 118 valence electrons. The van der Waals surface area contributed by atoms with Gasteiger partial charge >= 0.3 is 6.18 Å². The van der Waals surface area contributed by atoms with E-state index < -0.39 is 11.7 Å². The lowest BCUT2D eigenvalue weighted by atomic mass is 10.1. The number of thiazole rings is 1. The zero-order valence-electron chi connectivity index (χ0n) is 12.1. The maximum Gasteiger partial charge on any atom is 0.416 e. The Kier molecular flexibility index (Phi) is 4.04. The third-order valence-electron chi connectivity index (χ3n) is 3.32. The number of alkyl halides is 3. The van der Waals surface area contributed by atoms with Crippen LogP contribution in [0, 0.1) is 0 Å². The second kappa shape index (κ2) is 6.00. The normalized spacial score (nSPS) is 11.5. The number of aromatic nitrogens is 2. The van der Waals surface area contributed by atoms with Gasteiger partial charge in [0.25, 0.3) is 0 Å². The van der Waals surface area contributed by atoms with E-state index in [0.717, 1.165) is 23.0 Å². The minimum Gasteiger partial charge on any atom is -0.319 e. The summed E-state index contributed by atoms with van der Waals surface area (Å²) in [5.74, 6) is 0. The molecule has 0 radical (unpaired) electrons. The molecule has 0 N–H and O–H groups in total. The molecule has 0 bridgehead atoms. The highest BCUT2D eigenvalue weighted by atomic mass is 32.1. The molecule has 1 aromatic carbocycles. The molecule has 3 nitrogen and oxygen atoms in total. The van der Waals surface area contributed by atoms with E-state index in [2.05, 4.69) is 9.97 Å². The smallest absolute Gasteiger partial charge is 0.319 e. The van der Waals surface area contributed by atoms with Crippen LogP contribution >= 0.6 is 11.3 Å². The predicted molar refractivity (Wildman–Crippen MR) is 84.9 cm³/mol. The van der Waals surface area contributed by atoms with Crippen LogP contribution in [-0.2, 0) is 6.18 Å². The van der Waals surface area contributed by atoms with Crippen molar-refractivity contribution in [3.63, 3.8) is 0 Å². The number of halogens is 3. The topological polar surface area (TPSA) is 29.0 Å². The van der Waals surface area contributed by atoms with Crippen molar-refractivity contribution in [1.29, 1.82) is 0 Å². The average molecular weight is 335 g/mol. The van der Waals surface area contributed by atoms with Crippen LogP contribution in [0.1, 0.15) is 5.56 Å². The highest BCUT2D eigenvalue weighted by molar-refractivity contribution is 7.14. The van der Waals surface area contributed by atoms with Gasteiger partial charge < -0.3 is 4.90 Å². The lowest BCUT2D eigenvalue weighted by Crippen LogP contribution is -2.09.